The Morgan fingerprint density at radius 2 is 2.11 bits per heavy atom. The molecule has 1 aliphatic rings. The van der Waals surface area contributed by atoms with Crippen molar-refractivity contribution < 1.29 is 4.39 Å². The Labute approximate surface area is 115 Å². The third kappa shape index (κ3) is 2.91. The highest BCUT2D eigenvalue weighted by atomic mass is 79.9. The van der Waals surface area contributed by atoms with Crippen LogP contribution in [0.5, 0.6) is 0 Å². The molecule has 0 saturated carbocycles. The van der Waals surface area contributed by atoms with Gasteiger partial charge in [0.1, 0.15) is 5.82 Å². The lowest BCUT2D eigenvalue weighted by molar-refractivity contribution is 0.343. The molecule has 100 valence electrons. The van der Waals surface area contributed by atoms with E-state index in [1.54, 1.807) is 12.1 Å². The van der Waals surface area contributed by atoms with E-state index in [-0.39, 0.29) is 23.9 Å². The summed E-state index contributed by atoms with van der Waals surface area (Å²) >= 11 is 3.48. The molecule has 0 aliphatic carbocycles. The van der Waals surface area contributed by atoms with Gasteiger partial charge in [-0.15, -0.1) is 0 Å². The van der Waals surface area contributed by atoms with E-state index in [1.165, 1.54) is 6.07 Å². The summed E-state index contributed by atoms with van der Waals surface area (Å²) < 4.78 is 14.3. The molecule has 1 fully saturated rings. The number of halogens is 2. The topological polar surface area (TPSA) is 50.1 Å². The van der Waals surface area contributed by atoms with Gasteiger partial charge in [-0.05, 0) is 36.1 Å². The van der Waals surface area contributed by atoms with Gasteiger partial charge in [-0.3, -0.25) is 0 Å². The van der Waals surface area contributed by atoms with Crippen molar-refractivity contribution in [3.05, 3.63) is 34.1 Å². The highest BCUT2D eigenvalue weighted by molar-refractivity contribution is 9.10. The van der Waals surface area contributed by atoms with Crippen molar-refractivity contribution in [2.75, 3.05) is 0 Å². The molecule has 4 N–H and O–H groups in total. The second-order valence-corrected chi connectivity index (χ2v) is 6.11. The largest absolute Gasteiger partial charge is 0.315 e. The summed E-state index contributed by atoms with van der Waals surface area (Å²) in [6.07, 6.45) is 0.891. The molecule has 3 atom stereocenters. The zero-order chi connectivity index (χ0) is 13.3. The van der Waals surface area contributed by atoms with Crippen molar-refractivity contribution in [2.24, 2.45) is 17.6 Å². The molecule has 1 saturated heterocycles. The van der Waals surface area contributed by atoms with E-state index in [0.29, 0.717) is 5.92 Å². The third-order valence-corrected chi connectivity index (χ3v) is 4.05. The van der Waals surface area contributed by atoms with Gasteiger partial charge in [0.2, 0.25) is 0 Å². The molecule has 0 amide bonds. The maximum atomic E-state index is 13.4. The van der Waals surface area contributed by atoms with Crippen molar-refractivity contribution in [1.29, 1.82) is 0 Å². The Kier molecular flexibility index (Phi) is 4.37. The average Bonchev–Trinajstić information content (AvgIpc) is 2.64. The minimum Gasteiger partial charge on any atom is -0.315 e. The molecule has 0 spiro atoms. The summed E-state index contributed by atoms with van der Waals surface area (Å²) in [5.41, 5.74) is 13.2. The lowest BCUT2D eigenvalue weighted by atomic mass is 9.86. The molecule has 5 heteroatoms. The van der Waals surface area contributed by atoms with Crippen LogP contribution in [0.15, 0.2) is 22.7 Å². The van der Waals surface area contributed by atoms with Crippen LogP contribution < -0.4 is 16.6 Å². The third-order valence-electron chi connectivity index (χ3n) is 3.33. The number of hydrogen-bond acceptors (Lipinski definition) is 3. The molecular formula is C13H19BrFN3. The van der Waals surface area contributed by atoms with Crippen LogP contribution in [0, 0.1) is 17.7 Å². The highest BCUT2D eigenvalue weighted by Crippen LogP contribution is 2.35. The second-order valence-electron chi connectivity index (χ2n) is 5.25. The fourth-order valence-electron chi connectivity index (χ4n) is 2.50. The summed E-state index contributed by atoms with van der Waals surface area (Å²) in [7, 11) is 0. The second kappa shape index (κ2) is 5.65. The van der Waals surface area contributed by atoms with Crippen molar-refractivity contribution >= 4 is 15.9 Å². The van der Waals surface area contributed by atoms with Crippen LogP contribution in [0.2, 0.25) is 0 Å². The summed E-state index contributed by atoms with van der Waals surface area (Å²) in [4.78, 5) is 0. The Bertz CT molecular complexity index is 425. The highest BCUT2D eigenvalue weighted by Gasteiger charge is 2.35. The van der Waals surface area contributed by atoms with Crippen LogP contribution in [-0.2, 0) is 0 Å². The average molecular weight is 316 g/mol. The van der Waals surface area contributed by atoms with Crippen LogP contribution in [0.3, 0.4) is 0 Å². The summed E-state index contributed by atoms with van der Waals surface area (Å²) in [6, 6.07) is 4.79. The van der Waals surface area contributed by atoms with E-state index in [0.717, 1.165) is 16.5 Å². The van der Waals surface area contributed by atoms with E-state index in [1.807, 2.05) is 0 Å². The van der Waals surface area contributed by atoms with Gasteiger partial charge in [0, 0.05) is 10.4 Å². The predicted octanol–water partition coefficient (Wildman–Crippen LogP) is 2.68. The Balaban J connectivity index is 2.28. The lowest BCUT2D eigenvalue weighted by Gasteiger charge is -2.23. The molecule has 1 aliphatic heterocycles. The lowest BCUT2D eigenvalue weighted by Crippen LogP contribution is -2.39. The molecule has 1 aromatic carbocycles. The summed E-state index contributed by atoms with van der Waals surface area (Å²) in [5, 5.41) is 0. The molecule has 1 aromatic rings. The maximum absolute atomic E-state index is 13.4. The fourth-order valence-corrected chi connectivity index (χ4v) is 2.99. The molecule has 1 heterocycles. The molecule has 0 radical (unpaired) electrons. The van der Waals surface area contributed by atoms with Gasteiger partial charge in [-0.2, -0.15) is 0 Å². The van der Waals surface area contributed by atoms with Crippen molar-refractivity contribution in [3.63, 3.8) is 0 Å². The van der Waals surface area contributed by atoms with Crippen molar-refractivity contribution in [1.82, 2.24) is 10.9 Å². The van der Waals surface area contributed by atoms with Crippen LogP contribution in [0.4, 0.5) is 4.39 Å². The zero-order valence-electron chi connectivity index (χ0n) is 10.6. The number of nitrogens with two attached hydrogens (primary N) is 1. The molecule has 3 nitrogen and oxygen atoms in total. The normalized spacial score (nSPS) is 28.0. The first-order valence-corrected chi connectivity index (χ1v) is 7.00. The number of nitrogens with one attached hydrogen (secondary N) is 2. The fraction of sp³-hybridized carbons (Fsp3) is 0.538. The van der Waals surface area contributed by atoms with Crippen LogP contribution >= 0.6 is 15.9 Å². The van der Waals surface area contributed by atoms with E-state index in [2.05, 4.69) is 40.6 Å². The van der Waals surface area contributed by atoms with E-state index in [4.69, 9.17) is 5.73 Å². The zero-order valence-corrected chi connectivity index (χ0v) is 12.2. The maximum Gasteiger partial charge on any atom is 0.123 e. The molecular weight excluding hydrogens is 297 g/mol. The van der Waals surface area contributed by atoms with Gasteiger partial charge >= 0.3 is 0 Å². The summed E-state index contributed by atoms with van der Waals surface area (Å²) in [6.45, 7) is 4.34. The number of rotatable bonds is 3. The van der Waals surface area contributed by atoms with Crippen LogP contribution in [0.25, 0.3) is 0 Å². The first-order chi connectivity index (χ1) is 8.49. The molecule has 18 heavy (non-hydrogen) atoms. The SMILES string of the molecule is CC(C)CC1C(N)NNC1c1cc(F)ccc1Br. The number of hydrogen-bond donors (Lipinski definition) is 3. The van der Waals surface area contributed by atoms with Gasteiger partial charge in [0.25, 0.3) is 0 Å². The van der Waals surface area contributed by atoms with E-state index >= 15 is 0 Å². The first kappa shape index (κ1) is 13.9. The first-order valence-electron chi connectivity index (χ1n) is 6.20. The van der Waals surface area contributed by atoms with Crippen molar-refractivity contribution in [3.8, 4) is 0 Å². The Morgan fingerprint density at radius 1 is 1.39 bits per heavy atom. The van der Waals surface area contributed by atoms with Crippen molar-refractivity contribution in [2.45, 2.75) is 32.5 Å². The van der Waals surface area contributed by atoms with E-state index in [9.17, 15) is 4.39 Å². The quantitative estimate of drug-likeness (QED) is 0.804. The smallest absolute Gasteiger partial charge is 0.123 e. The Hall–Kier alpha value is -0.490. The van der Waals surface area contributed by atoms with Crippen LogP contribution in [-0.4, -0.2) is 6.17 Å². The van der Waals surface area contributed by atoms with Crippen LogP contribution in [0.1, 0.15) is 31.9 Å². The molecule has 3 unspecified atom stereocenters. The van der Waals surface area contributed by atoms with Gasteiger partial charge in [0.05, 0.1) is 12.2 Å². The number of benzene rings is 1. The standard InChI is InChI=1S/C13H19BrFN3/c1-7(2)5-10-12(17-18-13(10)16)9-6-8(15)3-4-11(9)14/h3-4,6-7,10,12-13,17-18H,5,16H2,1-2H3. The molecule has 0 aromatic heterocycles. The van der Waals surface area contributed by atoms with Gasteiger partial charge in [-0.1, -0.05) is 29.8 Å². The minimum absolute atomic E-state index is 0.0347. The van der Waals surface area contributed by atoms with Gasteiger partial charge in [-0.25, -0.2) is 15.2 Å². The molecule has 2 rings (SSSR count). The van der Waals surface area contributed by atoms with E-state index < -0.39 is 0 Å². The number of hydrazine groups is 1. The Morgan fingerprint density at radius 3 is 2.78 bits per heavy atom. The molecule has 0 bridgehead atoms. The predicted molar refractivity (Wildman–Crippen MR) is 74.0 cm³/mol. The van der Waals surface area contributed by atoms with Gasteiger partial charge < -0.3 is 5.73 Å². The van der Waals surface area contributed by atoms with Gasteiger partial charge in [0.15, 0.2) is 0 Å². The monoisotopic (exact) mass is 315 g/mol. The minimum atomic E-state index is -0.223. The summed E-state index contributed by atoms with van der Waals surface area (Å²) in [5.74, 6) is 0.583.